The highest BCUT2D eigenvalue weighted by atomic mass is 32.2. The Bertz CT molecular complexity index is 1080. The molecule has 164 valence electrons. The van der Waals surface area contributed by atoms with Crippen molar-refractivity contribution in [1.82, 2.24) is 0 Å². The van der Waals surface area contributed by atoms with E-state index in [1.807, 2.05) is 71.6 Å². The van der Waals surface area contributed by atoms with Crippen LogP contribution in [0.4, 0.5) is 11.4 Å². The maximum absolute atomic E-state index is 12.7. The first-order valence-corrected chi connectivity index (χ1v) is 12.0. The van der Waals surface area contributed by atoms with Gasteiger partial charge < -0.3 is 5.32 Å². The Labute approximate surface area is 194 Å². The van der Waals surface area contributed by atoms with Crippen molar-refractivity contribution < 1.29 is 9.59 Å². The molecule has 1 aliphatic rings. The van der Waals surface area contributed by atoms with Gasteiger partial charge in [0.1, 0.15) is 5.37 Å². The normalized spacial score (nSPS) is 15.9. The number of rotatable bonds is 7. The van der Waals surface area contributed by atoms with Crippen molar-refractivity contribution in [3.8, 4) is 0 Å². The summed E-state index contributed by atoms with van der Waals surface area (Å²) in [6.07, 6.45) is 1.14. The van der Waals surface area contributed by atoms with Gasteiger partial charge >= 0.3 is 0 Å². The highest BCUT2D eigenvalue weighted by Gasteiger charge is 2.34. The molecule has 0 radical (unpaired) electrons. The van der Waals surface area contributed by atoms with Gasteiger partial charge in [0.05, 0.1) is 5.75 Å². The molecule has 5 heteroatoms. The summed E-state index contributed by atoms with van der Waals surface area (Å²) in [6.45, 7) is 4.32. The second-order valence-corrected chi connectivity index (χ2v) is 9.40. The Morgan fingerprint density at radius 1 is 1.03 bits per heavy atom. The smallest absolute Gasteiger partial charge is 0.238 e. The molecule has 0 aromatic heterocycles. The molecular weight excluding hydrogens is 416 g/mol. The number of amides is 2. The number of benzene rings is 3. The molecule has 0 bridgehead atoms. The summed E-state index contributed by atoms with van der Waals surface area (Å²) >= 11 is 1.62. The zero-order valence-electron chi connectivity index (χ0n) is 18.5. The van der Waals surface area contributed by atoms with Crippen LogP contribution in [0.2, 0.25) is 0 Å². The minimum atomic E-state index is -0.103. The summed E-state index contributed by atoms with van der Waals surface area (Å²) in [4.78, 5) is 27.0. The minimum Gasteiger partial charge on any atom is -0.326 e. The Morgan fingerprint density at radius 3 is 2.50 bits per heavy atom. The Balaban J connectivity index is 1.46. The fraction of sp³-hybridized carbons (Fsp3) is 0.259. The molecule has 0 spiro atoms. The molecule has 1 atom stereocenters. The molecular formula is C27H28N2O2S. The molecule has 0 unspecified atom stereocenters. The molecule has 3 aromatic carbocycles. The van der Waals surface area contributed by atoms with Crippen LogP contribution in [-0.4, -0.2) is 17.6 Å². The Kier molecular flexibility index (Phi) is 6.96. The maximum atomic E-state index is 12.7. The fourth-order valence-electron chi connectivity index (χ4n) is 3.87. The lowest BCUT2D eigenvalue weighted by molar-refractivity contribution is -0.116. The summed E-state index contributed by atoms with van der Waals surface area (Å²) in [6, 6.07) is 26.1. The van der Waals surface area contributed by atoms with E-state index in [0.29, 0.717) is 24.5 Å². The quantitative estimate of drug-likeness (QED) is 0.475. The molecule has 1 fully saturated rings. The van der Waals surface area contributed by atoms with E-state index in [1.54, 1.807) is 11.8 Å². The van der Waals surface area contributed by atoms with Gasteiger partial charge in [-0.3, -0.25) is 14.5 Å². The summed E-state index contributed by atoms with van der Waals surface area (Å²) < 4.78 is 0. The molecule has 32 heavy (non-hydrogen) atoms. The van der Waals surface area contributed by atoms with Crippen molar-refractivity contribution in [2.24, 2.45) is 0 Å². The number of carbonyl (C=O) groups is 2. The molecule has 4 nitrogen and oxygen atoms in total. The molecule has 0 aliphatic carbocycles. The van der Waals surface area contributed by atoms with Gasteiger partial charge in [0.25, 0.3) is 0 Å². The monoisotopic (exact) mass is 444 g/mol. The standard InChI is InChI=1S/C27H28N2O2S/c1-19(2)21-12-14-24(15-13-21)29-26(31)18-32-27(29)22-9-6-10-23(17-22)28-25(30)16-11-20-7-4-3-5-8-20/h3-10,12-15,17,19,27H,11,16,18H2,1-2H3,(H,28,30)/t27-/m0/s1. The predicted molar refractivity (Wildman–Crippen MR) is 133 cm³/mol. The van der Waals surface area contributed by atoms with Crippen molar-refractivity contribution in [3.63, 3.8) is 0 Å². The van der Waals surface area contributed by atoms with Crippen LogP contribution in [0.1, 0.15) is 48.3 Å². The third-order valence-corrected chi connectivity index (χ3v) is 6.86. The highest BCUT2D eigenvalue weighted by Crippen LogP contribution is 2.42. The third kappa shape index (κ3) is 5.22. The first-order valence-electron chi connectivity index (χ1n) is 11.0. The van der Waals surface area contributed by atoms with Crippen LogP contribution in [0.25, 0.3) is 0 Å². The number of hydrogen-bond acceptors (Lipinski definition) is 3. The van der Waals surface area contributed by atoms with Crippen molar-refractivity contribution in [1.29, 1.82) is 0 Å². The Morgan fingerprint density at radius 2 is 1.78 bits per heavy atom. The van der Waals surface area contributed by atoms with E-state index in [9.17, 15) is 9.59 Å². The van der Waals surface area contributed by atoms with Crippen molar-refractivity contribution in [2.45, 2.75) is 38.0 Å². The van der Waals surface area contributed by atoms with Gasteiger partial charge in [-0.1, -0.05) is 68.4 Å². The number of carbonyl (C=O) groups excluding carboxylic acids is 2. The molecule has 2 amide bonds. The maximum Gasteiger partial charge on any atom is 0.238 e. The molecule has 1 saturated heterocycles. The lowest BCUT2D eigenvalue weighted by Crippen LogP contribution is -2.27. The van der Waals surface area contributed by atoms with Gasteiger partial charge in [0.15, 0.2) is 0 Å². The topological polar surface area (TPSA) is 49.4 Å². The van der Waals surface area contributed by atoms with Crippen molar-refractivity contribution in [2.75, 3.05) is 16.0 Å². The van der Waals surface area contributed by atoms with Crippen LogP contribution in [-0.2, 0) is 16.0 Å². The van der Waals surface area contributed by atoms with E-state index in [1.165, 1.54) is 5.56 Å². The molecule has 3 aromatic rings. The van der Waals surface area contributed by atoms with E-state index < -0.39 is 0 Å². The van der Waals surface area contributed by atoms with Gasteiger partial charge in [0.2, 0.25) is 11.8 Å². The number of thioether (sulfide) groups is 1. The van der Waals surface area contributed by atoms with Gasteiger partial charge in [0, 0.05) is 17.8 Å². The van der Waals surface area contributed by atoms with Crippen molar-refractivity contribution >= 4 is 35.0 Å². The van der Waals surface area contributed by atoms with E-state index in [4.69, 9.17) is 0 Å². The average molecular weight is 445 g/mol. The average Bonchev–Trinajstić information content (AvgIpc) is 3.20. The van der Waals surface area contributed by atoms with Crippen LogP contribution in [0.15, 0.2) is 78.9 Å². The highest BCUT2D eigenvalue weighted by molar-refractivity contribution is 8.00. The first kappa shape index (κ1) is 22.2. The number of hydrogen-bond donors (Lipinski definition) is 1. The minimum absolute atomic E-state index is 0.0118. The van der Waals surface area contributed by atoms with E-state index in [0.717, 1.165) is 22.5 Å². The third-order valence-electron chi connectivity index (χ3n) is 5.64. The number of anilines is 2. The predicted octanol–water partition coefficient (Wildman–Crippen LogP) is 6.16. The van der Waals surface area contributed by atoms with Gasteiger partial charge in [-0.2, -0.15) is 0 Å². The summed E-state index contributed by atoms with van der Waals surface area (Å²) in [7, 11) is 0. The molecule has 1 heterocycles. The second-order valence-electron chi connectivity index (χ2n) is 8.33. The van der Waals surface area contributed by atoms with Crippen LogP contribution < -0.4 is 10.2 Å². The summed E-state index contributed by atoms with van der Waals surface area (Å²) in [5, 5.41) is 2.91. The SMILES string of the molecule is CC(C)c1ccc(N2C(=O)CS[C@H]2c2cccc(NC(=O)CCc3ccccc3)c2)cc1. The van der Waals surface area contributed by atoms with E-state index in [2.05, 4.69) is 31.3 Å². The Hall–Kier alpha value is -3.05. The summed E-state index contributed by atoms with van der Waals surface area (Å²) in [5.41, 5.74) is 5.08. The van der Waals surface area contributed by atoms with Crippen LogP contribution in [0, 0.1) is 0 Å². The first-order chi connectivity index (χ1) is 15.5. The molecule has 0 saturated carbocycles. The van der Waals surface area contributed by atoms with Crippen molar-refractivity contribution in [3.05, 3.63) is 95.6 Å². The lowest BCUT2D eigenvalue weighted by Gasteiger charge is -2.25. The fourth-order valence-corrected chi connectivity index (χ4v) is 5.03. The van der Waals surface area contributed by atoms with E-state index in [-0.39, 0.29) is 17.2 Å². The summed E-state index contributed by atoms with van der Waals surface area (Å²) in [5.74, 6) is 0.993. The van der Waals surface area contributed by atoms with Crippen LogP contribution >= 0.6 is 11.8 Å². The van der Waals surface area contributed by atoms with Gasteiger partial charge in [-0.15, -0.1) is 11.8 Å². The van der Waals surface area contributed by atoms with E-state index >= 15 is 0 Å². The second kappa shape index (κ2) is 10.0. The molecule has 1 N–H and O–H groups in total. The zero-order valence-corrected chi connectivity index (χ0v) is 19.3. The molecule has 1 aliphatic heterocycles. The zero-order chi connectivity index (χ0) is 22.5. The van der Waals surface area contributed by atoms with Gasteiger partial charge in [-0.25, -0.2) is 0 Å². The molecule has 4 rings (SSSR count). The largest absolute Gasteiger partial charge is 0.326 e. The number of nitrogens with one attached hydrogen (secondary N) is 1. The lowest BCUT2D eigenvalue weighted by atomic mass is 10.0. The van der Waals surface area contributed by atoms with Crippen LogP contribution in [0.5, 0.6) is 0 Å². The van der Waals surface area contributed by atoms with Gasteiger partial charge in [-0.05, 0) is 53.3 Å². The van der Waals surface area contributed by atoms with Crippen LogP contribution in [0.3, 0.4) is 0 Å². The number of aryl methyl sites for hydroxylation is 1. The number of nitrogens with zero attached hydrogens (tertiary/aromatic N) is 1.